The first-order valence-corrected chi connectivity index (χ1v) is 23.8. The normalized spacial score (nSPS) is 12.7. The van der Waals surface area contributed by atoms with Crippen LogP contribution in [-0.2, 0) is 19.1 Å². The van der Waals surface area contributed by atoms with Gasteiger partial charge in [-0.15, -0.1) is 0 Å². The Balaban J connectivity index is 3.51. The van der Waals surface area contributed by atoms with Crippen LogP contribution in [0, 0.1) is 0 Å². The zero-order valence-electron chi connectivity index (χ0n) is 36.9. The molecule has 1 unspecified atom stereocenters. The van der Waals surface area contributed by atoms with Crippen LogP contribution in [0.1, 0.15) is 232 Å². The van der Waals surface area contributed by atoms with Crippen molar-refractivity contribution in [3.05, 3.63) is 60.8 Å². The van der Waals surface area contributed by atoms with Crippen LogP contribution in [0.4, 0.5) is 0 Å². The summed E-state index contributed by atoms with van der Waals surface area (Å²) in [5, 5.41) is 9.57. The van der Waals surface area contributed by atoms with Gasteiger partial charge < -0.3 is 14.6 Å². The van der Waals surface area contributed by atoms with Crippen molar-refractivity contribution in [2.45, 2.75) is 238 Å². The molecule has 0 saturated carbocycles. The third-order valence-electron chi connectivity index (χ3n) is 10.4. The van der Waals surface area contributed by atoms with Crippen LogP contribution in [0.2, 0.25) is 0 Å². The van der Waals surface area contributed by atoms with Crippen molar-refractivity contribution in [3.8, 4) is 0 Å². The largest absolute Gasteiger partial charge is 0.462 e. The number of aliphatic hydroxyl groups is 1. The molecule has 0 bridgehead atoms. The van der Waals surface area contributed by atoms with Gasteiger partial charge in [-0.2, -0.15) is 0 Å². The Kier molecular flexibility index (Phi) is 45.0. The Labute approximate surface area is 347 Å². The minimum Gasteiger partial charge on any atom is -0.462 e. The fourth-order valence-electron chi connectivity index (χ4n) is 6.81. The number of esters is 2. The van der Waals surface area contributed by atoms with Crippen LogP contribution in [0.25, 0.3) is 0 Å². The van der Waals surface area contributed by atoms with Gasteiger partial charge in [0.05, 0.1) is 13.0 Å². The lowest BCUT2D eigenvalue weighted by molar-refractivity contribution is -0.160. The average Bonchev–Trinajstić information content (AvgIpc) is 3.20. The van der Waals surface area contributed by atoms with E-state index in [1.165, 1.54) is 154 Å². The van der Waals surface area contributed by atoms with Crippen molar-refractivity contribution in [2.75, 3.05) is 13.2 Å². The number of carbonyl (C=O) groups is 2. The second kappa shape index (κ2) is 47.0. The van der Waals surface area contributed by atoms with Crippen molar-refractivity contribution >= 4 is 11.9 Å². The zero-order valence-corrected chi connectivity index (χ0v) is 36.9. The molecule has 0 heterocycles. The van der Waals surface area contributed by atoms with Gasteiger partial charge in [0, 0.05) is 6.42 Å². The topological polar surface area (TPSA) is 72.8 Å². The summed E-state index contributed by atoms with van der Waals surface area (Å²) >= 11 is 0. The maximum absolute atomic E-state index is 12.1. The molecular weight excluding hydrogens is 693 g/mol. The molecule has 1 atom stereocenters. The highest BCUT2D eigenvalue weighted by atomic mass is 16.6. The third kappa shape index (κ3) is 44.3. The summed E-state index contributed by atoms with van der Waals surface area (Å²) in [4.78, 5) is 24.3. The minimum atomic E-state index is -0.826. The van der Waals surface area contributed by atoms with Crippen molar-refractivity contribution in [1.82, 2.24) is 0 Å². The molecule has 56 heavy (non-hydrogen) atoms. The summed E-state index contributed by atoms with van der Waals surface area (Å²) in [5.41, 5.74) is 0. The van der Waals surface area contributed by atoms with E-state index < -0.39 is 12.1 Å². The number of rotatable bonds is 43. The van der Waals surface area contributed by atoms with Crippen molar-refractivity contribution in [3.63, 3.8) is 0 Å². The average molecular weight is 783 g/mol. The van der Waals surface area contributed by atoms with E-state index in [1.807, 2.05) is 6.08 Å². The van der Waals surface area contributed by atoms with Gasteiger partial charge in [-0.1, -0.05) is 242 Å². The fourth-order valence-corrected chi connectivity index (χ4v) is 6.81. The first kappa shape index (κ1) is 53.6. The zero-order chi connectivity index (χ0) is 40.7. The van der Waals surface area contributed by atoms with E-state index in [0.717, 1.165) is 51.4 Å². The van der Waals surface area contributed by atoms with Crippen molar-refractivity contribution < 1.29 is 24.2 Å². The lowest BCUT2D eigenvalue weighted by Gasteiger charge is -2.15. The number of unbranched alkanes of at least 4 members (excludes halogenated alkanes) is 26. The summed E-state index contributed by atoms with van der Waals surface area (Å²) in [6.07, 6.45) is 62.0. The van der Waals surface area contributed by atoms with E-state index in [9.17, 15) is 14.7 Å². The highest BCUT2D eigenvalue weighted by molar-refractivity contribution is 5.71. The second-order valence-electron chi connectivity index (χ2n) is 15.8. The Bertz CT molecular complexity index is 977. The number of aliphatic hydroxyl groups excluding tert-OH is 1. The fraction of sp³-hybridized carbons (Fsp3) is 0.765. The predicted molar refractivity (Wildman–Crippen MR) is 242 cm³/mol. The van der Waals surface area contributed by atoms with E-state index >= 15 is 0 Å². The predicted octanol–water partition coefficient (Wildman–Crippen LogP) is 15.5. The molecule has 0 aliphatic carbocycles. The molecule has 0 fully saturated rings. The highest BCUT2D eigenvalue weighted by Gasteiger charge is 2.15. The van der Waals surface area contributed by atoms with E-state index in [1.54, 1.807) is 6.08 Å². The molecule has 324 valence electrons. The molecule has 0 aromatic carbocycles. The monoisotopic (exact) mass is 783 g/mol. The molecule has 0 aromatic rings. The maximum atomic E-state index is 12.1. The van der Waals surface area contributed by atoms with Crippen LogP contribution >= 0.6 is 0 Å². The molecular formula is C51H90O5. The van der Waals surface area contributed by atoms with Crippen LogP contribution in [0.3, 0.4) is 0 Å². The summed E-state index contributed by atoms with van der Waals surface area (Å²) in [6.45, 7) is 3.96. The SMILES string of the molecule is CC/C=C\C/C=C\C/C=C\C/C=C\C/C=C\CC(=O)OC(CO)COC(=O)CCCCCCCCCCCCCCCCCCCCCCCCCCCCC. The van der Waals surface area contributed by atoms with Crippen LogP contribution in [0.5, 0.6) is 0 Å². The molecule has 1 N–H and O–H groups in total. The third-order valence-corrected chi connectivity index (χ3v) is 10.4. The summed E-state index contributed by atoms with van der Waals surface area (Å²) in [5.74, 6) is -0.732. The standard InChI is InChI=1S/C51H90O5/c1-3-5-7-9-11-13-15-17-19-20-21-22-23-24-25-26-27-28-29-30-32-33-35-37-39-41-43-45-50(53)55-48-49(47-52)56-51(54)46-44-42-40-38-36-34-31-18-16-14-12-10-8-6-4-2/h6,8,12,14,18,31,36,38,42,44,49,52H,3-5,7,9-11,13,15-17,19-30,32-35,37,39-41,43,45-48H2,1-2H3/b8-6-,14-12-,31-18-,38-36-,44-42-. The Morgan fingerprint density at radius 2 is 0.750 bits per heavy atom. The van der Waals surface area contributed by atoms with Crippen molar-refractivity contribution in [1.29, 1.82) is 0 Å². The van der Waals surface area contributed by atoms with Gasteiger partial charge >= 0.3 is 11.9 Å². The van der Waals surface area contributed by atoms with Gasteiger partial charge in [0.15, 0.2) is 6.10 Å². The van der Waals surface area contributed by atoms with Crippen LogP contribution in [0.15, 0.2) is 60.8 Å². The van der Waals surface area contributed by atoms with Crippen LogP contribution < -0.4 is 0 Å². The second-order valence-corrected chi connectivity index (χ2v) is 15.8. The first-order chi connectivity index (χ1) is 27.6. The molecule has 0 amide bonds. The van der Waals surface area contributed by atoms with Gasteiger partial charge in [0.2, 0.25) is 0 Å². The number of allylic oxidation sites excluding steroid dienone is 9. The van der Waals surface area contributed by atoms with Gasteiger partial charge in [-0.3, -0.25) is 9.59 Å². The number of carbonyl (C=O) groups excluding carboxylic acids is 2. The van der Waals surface area contributed by atoms with Gasteiger partial charge in [-0.05, 0) is 38.5 Å². The summed E-state index contributed by atoms with van der Waals surface area (Å²) in [6, 6.07) is 0. The Morgan fingerprint density at radius 1 is 0.429 bits per heavy atom. The molecule has 0 aliphatic heterocycles. The number of hydrogen-bond acceptors (Lipinski definition) is 5. The Morgan fingerprint density at radius 3 is 1.09 bits per heavy atom. The molecule has 0 saturated heterocycles. The molecule has 0 aromatic heterocycles. The number of hydrogen-bond donors (Lipinski definition) is 1. The van der Waals surface area contributed by atoms with E-state index in [4.69, 9.17) is 9.47 Å². The van der Waals surface area contributed by atoms with Gasteiger partial charge in [0.25, 0.3) is 0 Å². The van der Waals surface area contributed by atoms with E-state index in [-0.39, 0.29) is 25.6 Å². The molecule has 5 heteroatoms. The summed E-state index contributed by atoms with van der Waals surface area (Å²) in [7, 11) is 0. The van der Waals surface area contributed by atoms with Gasteiger partial charge in [-0.25, -0.2) is 0 Å². The van der Waals surface area contributed by atoms with E-state index in [0.29, 0.717) is 6.42 Å². The summed E-state index contributed by atoms with van der Waals surface area (Å²) < 4.78 is 10.5. The molecule has 0 spiro atoms. The lowest BCUT2D eigenvalue weighted by Crippen LogP contribution is -2.28. The quantitative estimate of drug-likeness (QED) is 0.0379. The van der Waals surface area contributed by atoms with Gasteiger partial charge in [0.1, 0.15) is 6.61 Å². The highest BCUT2D eigenvalue weighted by Crippen LogP contribution is 2.16. The molecule has 5 nitrogen and oxygen atoms in total. The van der Waals surface area contributed by atoms with E-state index in [2.05, 4.69) is 62.5 Å². The number of ether oxygens (including phenoxy) is 2. The molecule has 0 radical (unpaired) electrons. The molecule has 0 aliphatic rings. The minimum absolute atomic E-state index is 0.105. The maximum Gasteiger partial charge on any atom is 0.310 e. The smallest absolute Gasteiger partial charge is 0.310 e. The van der Waals surface area contributed by atoms with Crippen molar-refractivity contribution in [2.24, 2.45) is 0 Å². The molecule has 0 rings (SSSR count). The lowest BCUT2D eigenvalue weighted by atomic mass is 10.0. The first-order valence-electron chi connectivity index (χ1n) is 23.8. The van der Waals surface area contributed by atoms with Crippen LogP contribution in [-0.4, -0.2) is 36.4 Å². The Hall–Kier alpha value is -2.40.